The maximum absolute atomic E-state index is 12.7. The van der Waals surface area contributed by atoms with Crippen molar-refractivity contribution in [3.63, 3.8) is 0 Å². The molecule has 0 saturated heterocycles. The summed E-state index contributed by atoms with van der Waals surface area (Å²) < 4.78 is 38.2. The first-order valence-corrected chi connectivity index (χ1v) is 6.61. The minimum atomic E-state index is -4.33. The average Bonchev–Trinajstić information content (AvgIpc) is 2.28. The second-order valence-corrected chi connectivity index (χ2v) is 4.92. The van der Waals surface area contributed by atoms with Crippen molar-refractivity contribution >= 4 is 11.8 Å². The highest BCUT2D eigenvalue weighted by Crippen LogP contribution is 2.34. The predicted octanol–water partition coefficient (Wildman–Crippen LogP) is 3.85. The summed E-state index contributed by atoms with van der Waals surface area (Å²) in [5.74, 6) is 1.43. The van der Waals surface area contributed by atoms with Gasteiger partial charge in [0.15, 0.2) is 0 Å². The van der Waals surface area contributed by atoms with E-state index in [4.69, 9.17) is 5.73 Å². The zero-order valence-corrected chi connectivity index (χ0v) is 10.4. The molecule has 0 fully saturated rings. The van der Waals surface area contributed by atoms with Crippen LogP contribution in [-0.4, -0.2) is 11.5 Å². The lowest BCUT2D eigenvalue weighted by Crippen LogP contribution is -2.19. The van der Waals surface area contributed by atoms with Gasteiger partial charge in [0.2, 0.25) is 0 Å². The molecule has 0 aromatic heterocycles. The van der Waals surface area contributed by atoms with Crippen LogP contribution in [-0.2, 0) is 6.18 Å². The smallest absolute Gasteiger partial charge is 0.323 e. The first-order chi connectivity index (χ1) is 7.96. The van der Waals surface area contributed by atoms with Crippen molar-refractivity contribution in [2.75, 3.05) is 11.5 Å². The van der Waals surface area contributed by atoms with E-state index in [1.54, 1.807) is 17.8 Å². The third-order valence-electron chi connectivity index (χ3n) is 2.31. The zero-order valence-electron chi connectivity index (χ0n) is 9.63. The molecule has 96 valence electrons. The van der Waals surface area contributed by atoms with Crippen molar-refractivity contribution in [1.82, 2.24) is 0 Å². The van der Waals surface area contributed by atoms with Gasteiger partial charge in [-0.2, -0.15) is 24.9 Å². The highest BCUT2D eigenvalue weighted by Gasteiger charge is 2.34. The standard InChI is InChI=1S/C12H16F3NS/c1-2-7-17-8-11(16)9-5-3-4-6-10(9)12(13,14)15/h3-6,11H,2,7-8,16H2,1H3. The van der Waals surface area contributed by atoms with Crippen LogP contribution in [0.4, 0.5) is 13.2 Å². The maximum atomic E-state index is 12.7. The number of halogens is 3. The fourth-order valence-electron chi connectivity index (χ4n) is 1.52. The van der Waals surface area contributed by atoms with Gasteiger partial charge in [-0.15, -0.1) is 0 Å². The molecule has 1 aromatic carbocycles. The Morgan fingerprint density at radius 3 is 2.53 bits per heavy atom. The van der Waals surface area contributed by atoms with E-state index >= 15 is 0 Å². The Morgan fingerprint density at radius 2 is 1.94 bits per heavy atom. The Hall–Kier alpha value is -0.680. The maximum Gasteiger partial charge on any atom is 0.416 e. The number of alkyl halides is 3. The molecule has 0 amide bonds. The van der Waals surface area contributed by atoms with E-state index < -0.39 is 17.8 Å². The van der Waals surface area contributed by atoms with Crippen molar-refractivity contribution in [2.45, 2.75) is 25.6 Å². The molecule has 0 aliphatic carbocycles. The topological polar surface area (TPSA) is 26.0 Å². The van der Waals surface area contributed by atoms with Crippen LogP contribution in [0, 0.1) is 0 Å². The van der Waals surface area contributed by atoms with Gasteiger partial charge in [0, 0.05) is 11.8 Å². The van der Waals surface area contributed by atoms with Crippen molar-refractivity contribution < 1.29 is 13.2 Å². The van der Waals surface area contributed by atoms with Gasteiger partial charge in [-0.1, -0.05) is 25.1 Å². The molecule has 2 N–H and O–H groups in total. The summed E-state index contributed by atoms with van der Waals surface area (Å²) in [6.45, 7) is 2.03. The Bertz CT molecular complexity index is 352. The lowest BCUT2D eigenvalue weighted by molar-refractivity contribution is -0.138. The molecule has 1 atom stereocenters. The zero-order chi connectivity index (χ0) is 12.9. The highest BCUT2D eigenvalue weighted by atomic mass is 32.2. The van der Waals surface area contributed by atoms with Gasteiger partial charge in [-0.05, 0) is 23.8 Å². The third-order valence-corrected chi connectivity index (χ3v) is 3.60. The summed E-state index contributed by atoms with van der Waals surface area (Å²) in [5.41, 5.74) is 5.38. The van der Waals surface area contributed by atoms with Gasteiger partial charge >= 0.3 is 6.18 Å². The fourth-order valence-corrected chi connectivity index (χ4v) is 2.41. The summed E-state index contributed by atoms with van der Waals surface area (Å²) in [5, 5.41) is 0. The van der Waals surface area contributed by atoms with Gasteiger partial charge in [0.25, 0.3) is 0 Å². The summed E-state index contributed by atoms with van der Waals surface area (Å²) in [6.07, 6.45) is -3.33. The van der Waals surface area contributed by atoms with Gasteiger partial charge in [-0.3, -0.25) is 0 Å². The van der Waals surface area contributed by atoms with E-state index in [1.165, 1.54) is 12.1 Å². The van der Waals surface area contributed by atoms with Crippen LogP contribution in [0.5, 0.6) is 0 Å². The van der Waals surface area contributed by atoms with Crippen molar-refractivity contribution in [3.8, 4) is 0 Å². The van der Waals surface area contributed by atoms with E-state index in [0.29, 0.717) is 5.75 Å². The number of rotatable bonds is 5. The van der Waals surface area contributed by atoms with E-state index in [-0.39, 0.29) is 5.56 Å². The van der Waals surface area contributed by atoms with E-state index in [1.807, 2.05) is 6.92 Å². The van der Waals surface area contributed by atoms with Gasteiger partial charge < -0.3 is 5.73 Å². The summed E-state index contributed by atoms with van der Waals surface area (Å²) in [4.78, 5) is 0. The number of thioether (sulfide) groups is 1. The minimum absolute atomic E-state index is 0.184. The second-order valence-electron chi connectivity index (χ2n) is 3.77. The molecule has 1 rings (SSSR count). The van der Waals surface area contributed by atoms with Gasteiger partial charge in [0.05, 0.1) is 5.56 Å². The van der Waals surface area contributed by atoms with Crippen molar-refractivity contribution in [1.29, 1.82) is 0 Å². The van der Waals surface area contributed by atoms with Crippen molar-refractivity contribution in [2.24, 2.45) is 5.73 Å². The second kappa shape index (κ2) is 6.31. The monoisotopic (exact) mass is 263 g/mol. The minimum Gasteiger partial charge on any atom is -0.323 e. The molecule has 0 heterocycles. The molecule has 1 aromatic rings. The lowest BCUT2D eigenvalue weighted by Gasteiger charge is -2.17. The van der Waals surface area contributed by atoms with E-state index in [2.05, 4.69) is 0 Å². The van der Waals surface area contributed by atoms with Crippen LogP contribution in [0.15, 0.2) is 24.3 Å². The number of hydrogen-bond donors (Lipinski definition) is 1. The first kappa shape index (κ1) is 14.4. The highest BCUT2D eigenvalue weighted by molar-refractivity contribution is 7.99. The van der Waals surface area contributed by atoms with Crippen LogP contribution in [0.25, 0.3) is 0 Å². The van der Waals surface area contributed by atoms with Crippen LogP contribution in [0.1, 0.15) is 30.5 Å². The third kappa shape index (κ3) is 4.24. The van der Waals surface area contributed by atoms with Crippen LogP contribution >= 0.6 is 11.8 Å². The van der Waals surface area contributed by atoms with Crippen LogP contribution in [0.3, 0.4) is 0 Å². The molecular formula is C12H16F3NS. The molecule has 0 aliphatic heterocycles. The quantitative estimate of drug-likeness (QED) is 0.817. The predicted molar refractivity (Wildman–Crippen MR) is 66.0 cm³/mol. The Balaban J connectivity index is 2.82. The Kier molecular flexibility index (Phi) is 5.33. The molecule has 0 saturated carbocycles. The molecule has 1 nitrogen and oxygen atoms in total. The van der Waals surface area contributed by atoms with E-state index in [9.17, 15) is 13.2 Å². The molecule has 0 spiro atoms. The first-order valence-electron chi connectivity index (χ1n) is 5.46. The molecular weight excluding hydrogens is 247 g/mol. The average molecular weight is 263 g/mol. The van der Waals surface area contributed by atoms with Crippen LogP contribution in [0.2, 0.25) is 0 Å². The van der Waals surface area contributed by atoms with Crippen molar-refractivity contribution in [3.05, 3.63) is 35.4 Å². The summed E-state index contributed by atoms with van der Waals surface area (Å²) >= 11 is 1.58. The van der Waals surface area contributed by atoms with E-state index in [0.717, 1.165) is 18.2 Å². The van der Waals surface area contributed by atoms with Crippen LogP contribution < -0.4 is 5.73 Å². The summed E-state index contributed by atoms with van der Waals surface area (Å²) in [6, 6.07) is 4.96. The largest absolute Gasteiger partial charge is 0.416 e. The molecule has 5 heteroatoms. The Labute approximate surface area is 104 Å². The molecule has 0 bridgehead atoms. The SMILES string of the molecule is CCCSCC(N)c1ccccc1C(F)(F)F. The normalized spacial score (nSPS) is 13.7. The number of benzene rings is 1. The molecule has 0 radical (unpaired) electrons. The Morgan fingerprint density at radius 1 is 1.29 bits per heavy atom. The van der Waals surface area contributed by atoms with Gasteiger partial charge in [-0.25, -0.2) is 0 Å². The van der Waals surface area contributed by atoms with Gasteiger partial charge in [0.1, 0.15) is 0 Å². The molecule has 0 aliphatic rings. The molecule has 17 heavy (non-hydrogen) atoms. The number of nitrogens with two attached hydrogens (primary N) is 1. The summed E-state index contributed by atoms with van der Waals surface area (Å²) in [7, 11) is 0. The lowest BCUT2D eigenvalue weighted by atomic mass is 10.0. The fraction of sp³-hybridized carbons (Fsp3) is 0.500. The number of hydrogen-bond acceptors (Lipinski definition) is 2. The molecule has 1 unspecified atom stereocenters.